The number of rotatable bonds is 6. The molecule has 0 aliphatic rings. The maximum absolute atomic E-state index is 11.8. The van der Waals surface area contributed by atoms with Crippen molar-refractivity contribution in [3.63, 3.8) is 0 Å². The van der Waals surface area contributed by atoms with Crippen molar-refractivity contribution in [2.75, 3.05) is 6.61 Å². The number of halogens is 1. The number of benzene rings is 2. The summed E-state index contributed by atoms with van der Waals surface area (Å²) in [5, 5.41) is 12.1. The third-order valence-corrected chi connectivity index (χ3v) is 3.42. The first-order valence-electron chi connectivity index (χ1n) is 6.93. The summed E-state index contributed by atoms with van der Waals surface area (Å²) in [5.41, 5.74) is 1.88. The van der Waals surface area contributed by atoms with Crippen molar-refractivity contribution in [1.82, 2.24) is 5.32 Å². The molecular formula is C17H16ClNO4. The van der Waals surface area contributed by atoms with Crippen LogP contribution in [0, 0.1) is 6.92 Å². The zero-order valence-electron chi connectivity index (χ0n) is 12.5. The van der Waals surface area contributed by atoms with E-state index in [0.29, 0.717) is 17.3 Å². The Bertz CT molecular complexity index is 713. The van der Waals surface area contributed by atoms with Gasteiger partial charge in [0.25, 0.3) is 5.91 Å². The Morgan fingerprint density at radius 2 is 1.87 bits per heavy atom. The van der Waals surface area contributed by atoms with E-state index >= 15 is 0 Å². The number of carboxylic acid groups (broad SMARTS) is 1. The van der Waals surface area contributed by atoms with E-state index in [-0.39, 0.29) is 18.1 Å². The Morgan fingerprint density at radius 1 is 1.17 bits per heavy atom. The summed E-state index contributed by atoms with van der Waals surface area (Å²) in [7, 11) is 0. The van der Waals surface area contributed by atoms with Crippen LogP contribution in [0.5, 0.6) is 5.75 Å². The summed E-state index contributed by atoms with van der Waals surface area (Å²) < 4.78 is 5.44. The predicted molar refractivity (Wildman–Crippen MR) is 86.9 cm³/mol. The maximum atomic E-state index is 11.8. The summed E-state index contributed by atoms with van der Waals surface area (Å²) in [6.07, 6.45) is 0. The third kappa shape index (κ3) is 5.00. The number of aromatic carboxylic acids is 1. The lowest BCUT2D eigenvalue weighted by Crippen LogP contribution is -2.28. The molecule has 0 saturated carbocycles. The Labute approximate surface area is 138 Å². The van der Waals surface area contributed by atoms with Crippen LogP contribution in [0.1, 0.15) is 21.5 Å². The fourth-order valence-corrected chi connectivity index (χ4v) is 2.16. The van der Waals surface area contributed by atoms with E-state index in [4.69, 9.17) is 21.4 Å². The zero-order chi connectivity index (χ0) is 16.8. The second kappa shape index (κ2) is 7.65. The number of carbonyl (C=O) groups is 2. The minimum absolute atomic E-state index is 0.102. The summed E-state index contributed by atoms with van der Waals surface area (Å²) in [6, 6.07) is 11.5. The van der Waals surface area contributed by atoms with Gasteiger partial charge in [-0.1, -0.05) is 23.7 Å². The van der Waals surface area contributed by atoms with E-state index in [0.717, 1.165) is 11.1 Å². The monoisotopic (exact) mass is 333 g/mol. The normalized spacial score (nSPS) is 10.2. The van der Waals surface area contributed by atoms with Crippen molar-refractivity contribution >= 4 is 23.5 Å². The summed E-state index contributed by atoms with van der Waals surface area (Å²) in [6.45, 7) is 2.06. The highest BCUT2D eigenvalue weighted by atomic mass is 35.5. The third-order valence-electron chi connectivity index (χ3n) is 3.19. The SMILES string of the molecule is Cc1cc(Cl)ccc1OCC(=O)NCc1ccc(C(=O)O)cc1. The molecule has 5 nitrogen and oxygen atoms in total. The molecule has 0 spiro atoms. The van der Waals surface area contributed by atoms with Gasteiger partial charge in [-0.2, -0.15) is 0 Å². The number of hydrogen-bond donors (Lipinski definition) is 2. The second-order valence-electron chi connectivity index (χ2n) is 4.98. The molecule has 23 heavy (non-hydrogen) atoms. The average molecular weight is 334 g/mol. The second-order valence-corrected chi connectivity index (χ2v) is 5.41. The van der Waals surface area contributed by atoms with Crippen molar-refractivity contribution in [3.8, 4) is 5.75 Å². The van der Waals surface area contributed by atoms with Crippen LogP contribution in [0.2, 0.25) is 5.02 Å². The number of amides is 1. The minimum atomic E-state index is -0.979. The van der Waals surface area contributed by atoms with Gasteiger partial charge in [0.15, 0.2) is 6.61 Å². The van der Waals surface area contributed by atoms with Gasteiger partial charge in [-0.05, 0) is 48.4 Å². The first-order valence-corrected chi connectivity index (χ1v) is 7.31. The maximum Gasteiger partial charge on any atom is 0.335 e. The zero-order valence-corrected chi connectivity index (χ0v) is 13.3. The molecule has 2 aromatic carbocycles. The van der Waals surface area contributed by atoms with Gasteiger partial charge in [-0.25, -0.2) is 4.79 Å². The number of hydrogen-bond acceptors (Lipinski definition) is 3. The molecule has 1 amide bonds. The van der Waals surface area contributed by atoms with Gasteiger partial charge < -0.3 is 15.2 Å². The van der Waals surface area contributed by atoms with Crippen LogP contribution in [-0.2, 0) is 11.3 Å². The highest BCUT2D eigenvalue weighted by Gasteiger charge is 2.06. The smallest absolute Gasteiger partial charge is 0.335 e. The lowest BCUT2D eigenvalue weighted by molar-refractivity contribution is -0.123. The van der Waals surface area contributed by atoms with Crippen LogP contribution >= 0.6 is 11.6 Å². The molecule has 2 rings (SSSR count). The molecule has 0 heterocycles. The van der Waals surface area contributed by atoms with Gasteiger partial charge >= 0.3 is 5.97 Å². The van der Waals surface area contributed by atoms with E-state index in [9.17, 15) is 9.59 Å². The van der Waals surface area contributed by atoms with Crippen molar-refractivity contribution in [2.45, 2.75) is 13.5 Å². The number of aryl methyl sites for hydroxylation is 1. The topological polar surface area (TPSA) is 75.6 Å². The van der Waals surface area contributed by atoms with Crippen molar-refractivity contribution < 1.29 is 19.4 Å². The molecule has 0 aliphatic heterocycles. The lowest BCUT2D eigenvalue weighted by atomic mass is 10.1. The highest BCUT2D eigenvalue weighted by molar-refractivity contribution is 6.30. The first-order chi connectivity index (χ1) is 11.0. The van der Waals surface area contributed by atoms with Crippen molar-refractivity contribution in [1.29, 1.82) is 0 Å². The van der Waals surface area contributed by atoms with Crippen LogP contribution in [0.4, 0.5) is 0 Å². The Hall–Kier alpha value is -2.53. The molecule has 0 aromatic heterocycles. The molecule has 6 heteroatoms. The number of carbonyl (C=O) groups excluding carboxylic acids is 1. The molecule has 0 atom stereocenters. The molecule has 0 radical (unpaired) electrons. The van der Waals surface area contributed by atoms with E-state index < -0.39 is 5.97 Å². The summed E-state index contributed by atoms with van der Waals surface area (Å²) in [5.74, 6) is -0.635. The molecular weight excluding hydrogens is 318 g/mol. The van der Waals surface area contributed by atoms with Crippen molar-refractivity contribution in [2.24, 2.45) is 0 Å². The number of carboxylic acids is 1. The van der Waals surface area contributed by atoms with Gasteiger partial charge in [0.2, 0.25) is 0 Å². The van der Waals surface area contributed by atoms with E-state index in [1.54, 1.807) is 30.3 Å². The van der Waals surface area contributed by atoms with Crippen LogP contribution < -0.4 is 10.1 Å². The minimum Gasteiger partial charge on any atom is -0.484 e. The van der Waals surface area contributed by atoms with E-state index in [1.807, 2.05) is 6.92 Å². The Morgan fingerprint density at radius 3 is 2.48 bits per heavy atom. The fraction of sp³-hybridized carbons (Fsp3) is 0.176. The summed E-state index contributed by atoms with van der Waals surface area (Å²) in [4.78, 5) is 22.5. The Balaban J connectivity index is 1.82. The van der Waals surface area contributed by atoms with Gasteiger partial charge in [0.05, 0.1) is 5.56 Å². The van der Waals surface area contributed by atoms with Crippen molar-refractivity contribution in [3.05, 3.63) is 64.2 Å². The van der Waals surface area contributed by atoms with Gasteiger partial charge in [0, 0.05) is 11.6 Å². The predicted octanol–water partition coefficient (Wildman–Crippen LogP) is 3.04. The molecule has 0 unspecified atom stereocenters. The van der Waals surface area contributed by atoms with Crippen LogP contribution in [0.3, 0.4) is 0 Å². The van der Waals surface area contributed by atoms with Crippen LogP contribution in [0.15, 0.2) is 42.5 Å². The van der Waals surface area contributed by atoms with E-state index in [2.05, 4.69) is 5.32 Å². The Kier molecular flexibility index (Phi) is 5.60. The lowest BCUT2D eigenvalue weighted by Gasteiger charge is -2.10. The molecule has 120 valence electrons. The molecule has 2 aromatic rings. The van der Waals surface area contributed by atoms with Crippen LogP contribution in [0.25, 0.3) is 0 Å². The fourth-order valence-electron chi connectivity index (χ4n) is 1.93. The summed E-state index contributed by atoms with van der Waals surface area (Å²) >= 11 is 5.86. The van der Waals surface area contributed by atoms with Crippen LogP contribution in [-0.4, -0.2) is 23.6 Å². The highest BCUT2D eigenvalue weighted by Crippen LogP contribution is 2.21. The largest absolute Gasteiger partial charge is 0.484 e. The quantitative estimate of drug-likeness (QED) is 0.852. The van der Waals surface area contributed by atoms with Gasteiger partial charge in [-0.3, -0.25) is 4.79 Å². The average Bonchev–Trinajstić information content (AvgIpc) is 2.52. The standard InChI is InChI=1S/C17H16ClNO4/c1-11-8-14(18)6-7-15(11)23-10-16(20)19-9-12-2-4-13(5-3-12)17(21)22/h2-8H,9-10H2,1H3,(H,19,20)(H,21,22). The first kappa shape index (κ1) is 16.8. The molecule has 0 bridgehead atoms. The van der Waals surface area contributed by atoms with Gasteiger partial charge in [-0.15, -0.1) is 0 Å². The number of nitrogens with one attached hydrogen (secondary N) is 1. The van der Waals surface area contributed by atoms with Gasteiger partial charge in [0.1, 0.15) is 5.75 Å². The molecule has 0 fully saturated rings. The van der Waals surface area contributed by atoms with E-state index in [1.165, 1.54) is 12.1 Å². The molecule has 0 saturated heterocycles. The molecule has 0 aliphatic carbocycles. The molecule has 2 N–H and O–H groups in total. The number of ether oxygens (including phenoxy) is 1.